The molecule has 0 aliphatic rings. The molecule has 140 valence electrons. The van der Waals surface area contributed by atoms with Gasteiger partial charge in [-0.25, -0.2) is 14.3 Å². The third kappa shape index (κ3) is 3.81. The number of methoxy groups -OCH3 is 2. The van der Waals surface area contributed by atoms with Gasteiger partial charge in [-0.1, -0.05) is 0 Å². The zero-order valence-corrected chi connectivity index (χ0v) is 15.1. The summed E-state index contributed by atoms with van der Waals surface area (Å²) in [5.41, 5.74) is 1.47. The first kappa shape index (κ1) is 18.2. The van der Waals surface area contributed by atoms with Crippen LogP contribution in [-0.2, 0) is 9.53 Å². The summed E-state index contributed by atoms with van der Waals surface area (Å²) in [5, 5.41) is 6.82. The van der Waals surface area contributed by atoms with Crippen LogP contribution in [0, 0.1) is 6.92 Å². The molecule has 0 saturated heterocycles. The molecule has 9 heteroatoms. The van der Waals surface area contributed by atoms with Crippen LogP contribution in [0.5, 0.6) is 11.5 Å². The Morgan fingerprint density at radius 2 is 2.04 bits per heavy atom. The number of hydrogen-bond donors (Lipinski definition) is 1. The van der Waals surface area contributed by atoms with Gasteiger partial charge < -0.3 is 19.5 Å². The molecule has 1 amide bonds. The number of amides is 1. The molecule has 0 aliphatic heterocycles. The Kier molecular flexibility index (Phi) is 5.20. The average molecular weight is 370 g/mol. The molecule has 0 atom stereocenters. The smallest absolute Gasteiger partial charge is 0.344 e. The van der Waals surface area contributed by atoms with Gasteiger partial charge in [-0.15, -0.1) is 0 Å². The minimum atomic E-state index is -0.672. The lowest BCUT2D eigenvalue weighted by atomic mass is 10.2. The highest BCUT2D eigenvalue weighted by molar-refractivity contribution is 5.99. The predicted octanol–water partition coefficient (Wildman–Crippen LogP) is 1.85. The van der Waals surface area contributed by atoms with E-state index in [2.05, 4.69) is 15.4 Å². The maximum absolute atomic E-state index is 12.4. The van der Waals surface area contributed by atoms with Gasteiger partial charge in [0.05, 0.1) is 25.6 Å². The molecule has 2 heterocycles. The first-order chi connectivity index (χ1) is 13.0. The van der Waals surface area contributed by atoms with E-state index in [-0.39, 0.29) is 5.56 Å². The number of aryl methyl sites for hydroxylation is 1. The molecular formula is C18H18N4O5. The fraction of sp³-hybridized carbons (Fsp3) is 0.222. The quantitative estimate of drug-likeness (QED) is 0.660. The van der Waals surface area contributed by atoms with Crippen LogP contribution in [-0.4, -0.2) is 47.3 Å². The van der Waals surface area contributed by atoms with Crippen molar-refractivity contribution in [2.75, 3.05) is 26.1 Å². The van der Waals surface area contributed by atoms with Crippen LogP contribution in [0.4, 0.5) is 5.69 Å². The van der Waals surface area contributed by atoms with Crippen LogP contribution >= 0.6 is 0 Å². The topological polar surface area (TPSA) is 104 Å². The summed E-state index contributed by atoms with van der Waals surface area (Å²) in [5.74, 6) is -0.180. The van der Waals surface area contributed by atoms with Gasteiger partial charge in [-0.05, 0) is 25.1 Å². The summed E-state index contributed by atoms with van der Waals surface area (Å²) in [4.78, 5) is 28.7. The number of ether oxygens (including phenoxy) is 3. The Balaban J connectivity index is 1.69. The number of fused-ring (bicyclic) bond motifs is 1. The molecule has 0 bridgehead atoms. The number of nitrogens with one attached hydrogen (secondary N) is 1. The molecule has 0 saturated carbocycles. The van der Waals surface area contributed by atoms with Crippen LogP contribution in [0.3, 0.4) is 0 Å². The van der Waals surface area contributed by atoms with Crippen LogP contribution in [0.2, 0.25) is 0 Å². The van der Waals surface area contributed by atoms with Gasteiger partial charge in [0.2, 0.25) is 0 Å². The number of carbonyl (C=O) groups is 2. The van der Waals surface area contributed by atoms with Crippen molar-refractivity contribution in [3.05, 3.63) is 47.9 Å². The fourth-order valence-corrected chi connectivity index (χ4v) is 2.54. The summed E-state index contributed by atoms with van der Waals surface area (Å²) in [7, 11) is 3.00. The van der Waals surface area contributed by atoms with E-state index in [0.29, 0.717) is 28.5 Å². The molecule has 1 aromatic carbocycles. The van der Waals surface area contributed by atoms with Crippen molar-refractivity contribution in [2.45, 2.75) is 6.92 Å². The summed E-state index contributed by atoms with van der Waals surface area (Å²) < 4.78 is 16.9. The van der Waals surface area contributed by atoms with E-state index in [0.717, 1.165) is 0 Å². The molecule has 0 unspecified atom stereocenters. The van der Waals surface area contributed by atoms with Crippen LogP contribution < -0.4 is 14.8 Å². The van der Waals surface area contributed by atoms with Crippen LogP contribution in [0.25, 0.3) is 5.65 Å². The van der Waals surface area contributed by atoms with E-state index in [1.165, 1.54) is 18.7 Å². The van der Waals surface area contributed by atoms with E-state index in [1.807, 2.05) is 0 Å². The predicted molar refractivity (Wildman–Crippen MR) is 96.2 cm³/mol. The highest BCUT2D eigenvalue weighted by Gasteiger charge is 2.20. The summed E-state index contributed by atoms with van der Waals surface area (Å²) in [6.07, 6.45) is 3.23. The molecule has 0 aliphatic carbocycles. The average Bonchev–Trinajstić information content (AvgIpc) is 3.01. The standard InChI is InChI=1S/C18H18N4O5/c1-11-16(17-19-7-4-8-22(17)21-11)18(24)27-10-15(23)20-13-9-12(25-2)5-6-14(13)26-3/h4-9H,10H2,1-3H3,(H,20,23). The number of benzene rings is 1. The van der Waals surface area contributed by atoms with Crippen molar-refractivity contribution in [1.29, 1.82) is 0 Å². The molecule has 0 spiro atoms. The highest BCUT2D eigenvalue weighted by atomic mass is 16.5. The third-order valence-corrected chi connectivity index (χ3v) is 3.79. The van der Waals surface area contributed by atoms with Gasteiger partial charge in [0.15, 0.2) is 12.3 Å². The van der Waals surface area contributed by atoms with Crippen LogP contribution in [0.15, 0.2) is 36.7 Å². The maximum atomic E-state index is 12.4. The van der Waals surface area contributed by atoms with Gasteiger partial charge in [-0.2, -0.15) is 5.10 Å². The summed E-state index contributed by atoms with van der Waals surface area (Å²) in [6, 6.07) is 6.67. The number of carbonyl (C=O) groups excluding carboxylic acids is 2. The lowest BCUT2D eigenvalue weighted by Gasteiger charge is -2.12. The molecule has 1 N–H and O–H groups in total. The third-order valence-electron chi connectivity index (χ3n) is 3.79. The molecule has 3 aromatic rings. The summed E-state index contributed by atoms with van der Waals surface area (Å²) >= 11 is 0. The van der Waals surface area contributed by atoms with Crippen LogP contribution in [0.1, 0.15) is 16.1 Å². The summed E-state index contributed by atoms with van der Waals surface area (Å²) in [6.45, 7) is 1.20. The lowest BCUT2D eigenvalue weighted by molar-refractivity contribution is -0.119. The first-order valence-corrected chi connectivity index (χ1v) is 8.02. The lowest BCUT2D eigenvalue weighted by Crippen LogP contribution is -2.21. The Morgan fingerprint density at radius 1 is 1.22 bits per heavy atom. The van der Waals surface area contributed by atoms with E-state index < -0.39 is 18.5 Å². The SMILES string of the molecule is COc1ccc(OC)c(NC(=O)COC(=O)c2c(C)nn3cccnc23)c1. The molecule has 3 rings (SSSR count). The van der Waals surface area contributed by atoms with Gasteiger partial charge >= 0.3 is 5.97 Å². The van der Waals surface area contributed by atoms with Gasteiger partial charge in [-0.3, -0.25) is 4.79 Å². The number of hydrogen-bond acceptors (Lipinski definition) is 7. The van der Waals surface area contributed by atoms with Crippen molar-refractivity contribution in [1.82, 2.24) is 14.6 Å². The second kappa shape index (κ2) is 7.73. The van der Waals surface area contributed by atoms with E-state index >= 15 is 0 Å². The number of anilines is 1. The zero-order valence-electron chi connectivity index (χ0n) is 15.1. The Hall–Kier alpha value is -3.62. The fourth-order valence-electron chi connectivity index (χ4n) is 2.54. The van der Waals surface area contributed by atoms with Gasteiger partial charge in [0.25, 0.3) is 5.91 Å². The van der Waals surface area contributed by atoms with Crippen molar-refractivity contribution in [3.63, 3.8) is 0 Å². The largest absolute Gasteiger partial charge is 0.497 e. The zero-order chi connectivity index (χ0) is 19.4. The number of esters is 1. The number of rotatable bonds is 6. The number of aromatic nitrogens is 3. The molecular weight excluding hydrogens is 352 g/mol. The molecule has 0 radical (unpaired) electrons. The minimum absolute atomic E-state index is 0.224. The second-order valence-corrected chi connectivity index (χ2v) is 5.54. The van der Waals surface area contributed by atoms with E-state index in [9.17, 15) is 9.59 Å². The first-order valence-electron chi connectivity index (χ1n) is 8.02. The highest BCUT2D eigenvalue weighted by Crippen LogP contribution is 2.28. The molecule has 2 aromatic heterocycles. The minimum Gasteiger partial charge on any atom is -0.497 e. The molecule has 27 heavy (non-hydrogen) atoms. The molecule has 9 nitrogen and oxygen atoms in total. The monoisotopic (exact) mass is 370 g/mol. The van der Waals surface area contributed by atoms with Crippen molar-refractivity contribution in [3.8, 4) is 11.5 Å². The Morgan fingerprint density at radius 3 is 2.78 bits per heavy atom. The molecule has 0 fully saturated rings. The van der Waals surface area contributed by atoms with E-state index in [1.54, 1.807) is 43.6 Å². The maximum Gasteiger partial charge on any atom is 0.344 e. The Labute approximate surface area is 154 Å². The van der Waals surface area contributed by atoms with Crippen molar-refractivity contribution >= 4 is 23.2 Å². The Bertz CT molecular complexity index is 999. The second-order valence-electron chi connectivity index (χ2n) is 5.54. The van der Waals surface area contributed by atoms with E-state index in [4.69, 9.17) is 14.2 Å². The van der Waals surface area contributed by atoms with Gasteiger partial charge in [0.1, 0.15) is 17.1 Å². The normalized spacial score (nSPS) is 10.5. The van der Waals surface area contributed by atoms with Crippen molar-refractivity contribution in [2.24, 2.45) is 0 Å². The van der Waals surface area contributed by atoms with Gasteiger partial charge in [0, 0.05) is 18.5 Å². The van der Waals surface area contributed by atoms with Crippen molar-refractivity contribution < 1.29 is 23.8 Å². The number of nitrogens with zero attached hydrogens (tertiary/aromatic N) is 3.